The van der Waals surface area contributed by atoms with Crippen LogP contribution >= 0.6 is 0 Å². The summed E-state index contributed by atoms with van der Waals surface area (Å²) in [4.78, 5) is 13.6. The van der Waals surface area contributed by atoms with E-state index in [1.54, 1.807) is 0 Å². The first-order valence-electron chi connectivity index (χ1n) is 33.8. The Hall–Kier alpha value is -0.496. The SMILES string of the molecule is C1CCOC1.C=C1C=C2C[C@@](C)(O)CC[C@]2(C)[C@H]2CC[C@]3(C)[C@@H]([C@H](C)CCC4(O)CCC(C)(C)CC4)CC[C@H]3[C@H]12.C[C@H](CCC1(O)CCC(C)(C)CC1)[C@H]1CC[C@H]2[C@@H]3C(=O)C=C4C[C@@](C)(O)CC[C@]4(C)[C@H]3CC[C@]12C.[CH2-][Si](C)(C)C.[Li+]. The van der Waals surface area contributed by atoms with Gasteiger partial charge in [0.25, 0.3) is 0 Å². The summed E-state index contributed by atoms with van der Waals surface area (Å²) >= 11 is 0. The number of ketones is 1. The molecule has 10 aliphatic carbocycles. The predicted molar refractivity (Wildman–Crippen MR) is 336 cm³/mol. The molecule has 458 valence electrons. The molecule has 8 saturated carbocycles. The molecule has 6 nitrogen and oxygen atoms in total. The van der Waals surface area contributed by atoms with Crippen LogP contribution in [0.15, 0.2) is 35.5 Å². The maximum Gasteiger partial charge on any atom is 1.00 e. The Balaban J connectivity index is 0.000000197. The van der Waals surface area contributed by atoms with Gasteiger partial charge in [0.05, 0.1) is 22.4 Å². The number of hydrogen-bond donors (Lipinski definition) is 4. The molecule has 11 aliphatic rings. The topological polar surface area (TPSA) is 107 Å². The van der Waals surface area contributed by atoms with E-state index in [4.69, 9.17) is 4.74 Å². The third kappa shape index (κ3) is 15.0. The van der Waals surface area contributed by atoms with Crippen molar-refractivity contribution >= 4 is 13.9 Å². The zero-order chi connectivity index (χ0) is 58.9. The van der Waals surface area contributed by atoms with Crippen molar-refractivity contribution < 1.29 is 48.8 Å². The molecule has 1 heterocycles. The van der Waals surface area contributed by atoms with Crippen LogP contribution < -0.4 is 18.9 Å². The summed E-state index contributed by atoms with van der Waals surface area (Å²) in [6, 6.07) is 0. The van der Waals surface area contributed by atoms with Gasteiger partial charge in [-0.1, -0.05) is 118 Å². The molecule has 8 heteroatoms. The number of rotatable bonds is 8. The Morgan fingerprint density at radius 2 is 0.914 bits per heavy atom. The van der Waals surface area contributed by atoms with Crippen molar-refractivity contribution in [1.82, 2.24) is 0 Å². The smallest absolute Gasteiger partial charge is 0.390 e. The van der Waals surface area contributed by atoms with Crippen LogP contribution in [0.4, 0.5) is 0 Å². The first-order chi connectivity index (χ1) is 36.9. The summed E-state index contributed by atoms with van der Waals surface area (Å²) < 4.78 is 4.94. The zero-order valence-corrected chi connectivity index (χ0v) is 56.7. The Labute approximate surface area is 511 Å². The van der Waals surface area contributed by atoms with E-state index in [-0.39, 0.29) is 41.0 Å². The van der Waals surface area contributed by atoms with Gasteiger partial charge in [-0.25, -0.2) is 0 Å². The van der Waals surface area contributed by atoms with E-state index in [1.165, 1.54) is 80.9 Å². The summed E-state index contributed by atoms with van der Waals surface area (Å²) in [5.74, 6) is 6.27. The van der Waals surface area contributed by atoms with Crippen LogP contribution in [0.3, 0.4) is 0 Å². The molecule has 0 aromatic rings. The third-order valence-corrected chi connectivity index (χ3v) is 26.1. The number of aliphatic hydroxyl groups is 4. The molecule has 9 fully saturated rings. The molecule has 16 atom stereocenters. The van der Waals surface area contributed by atoms with Crippen LogP contribution in [0, 0.1) is 98.2 Å². The van der Waals surface area contributed by atoms with Gasteiger partial charge in [0.2, 0.25) is 0 Å². The first-order valence-corrected chi connectivity index (χ1v) is 37.5. The van der Waals surface area contributed by atoms with Gasteiger partial charge < -0.3 is 31.7 Å². The van der Waals surface area contributed by atoms with Crippen molar-refractivity contribution in [3.05, 3.63) is 42.0 Å². The van der Waals surface area contributed by atoms with E-state index in [0.717, 1.165) is 134 Å². The van der Waals surface area contributed by atoms with Crippen molar-refractivity contribution in [3.63, 3.8) is 0 Å². The molecular formula is C73H125LiO6Si. The largest absolute Gasteiger partial charge is 1.00 e. The fraction of sp³-hybridized carbons (Fsp3) is 0.890. The molecule has 1 aliphatic heterocycles. The van der Waals surface area contributed by atoms with Crippen LogP contribution in [-0.4, -0.2) is 69.9 Å². The van der Waals surface area contributed by atoms with Crippen molar-refractivity contribution in [1.29, 1.82) is 0 Å². The molecule has 0 unspecified atom stereocenters. The minimum Gasteiger partial charge on any atom is -0.390 e. The summed E-state index contributed by atoms with van der Waals surface area (Å²) in [5, 5.41) is 44.1. The second-order valence-electron chi connectivity index (χ2n) is 35.1. The Morgan fingerprint density at radius 3 is 1.30 bits per heavy atom. The molecule has 0 spiro atoms. The van der Waals surface area contributed by atoms with Crippen LogP contribution in [-0.2, 0) is 9.53 Å². The normalized spacial score (nSPS) is 43.1. The van der Waals surface area contributed by atoms with Crippen molar-refractivity contribution in [3.8, 4) is 0 Å². The minimum absolute atomic E-state index is 0. The van der Waals surface area contributed by atoms with Gasteiger partial charge in [-0.15, -0.1) is 8.07 Å². The van der Waals surface area contributed by atoms with E-state index in [1.807, 2.05) is 19.9 Å². The molecule has 81 heavy (non-hydrogen) atoms. The van der Waals surface area contributed by atoms with Gasteiger partial charge in [0.1, 0.15) is 0 Å². The van der Waals surface area contributed by atoms with Crippen molar-refractivity contribution in [2.24, 2.45) is 91.7 Å². The fourth-order valence-corrected chi connectivity index (χ4v) is 20.4. The van der Waals surface area contributed by atoms with Gasteiger partial charge in [0.15, 0.2) is 5.78 Å². The van der Waals surface area contributed by atoms with Gasteiger partial charge in [-0.2, -0.15) is 0 Å². The number of allylic oxidation sites excluding steroid dienone is 3. The monoisotopic (exact) mass is 1130 g/mol. The fourth-order valence-electron chi connectivity index (χ4n) is 20.4. The summed E-state index contributed by atoms with van der Waals surface area (Å²) in [5.41, 5.74) is 3.76. The Bertz CT molecular complexity index is 2070. The zero-order valence-electron chi connectivity index (χ0n) is 55.7. The summed E-state index contributed by atoms with van der Waals surface area (Å²) in [7, 11) is -0.861. The second-order valence-corrected chi connectivity index (χ2v) is 40.2. The van der Waals surface area contributed by atoms with Crippen LogP contribution in [0.1, 0.15) is 263 Å². The van der Waals surface area contributed by atoms with E-state index in [0.29, 0.717) is 69.9 Å². The van der Waals surface area contributed by atoms with Gasteiger partial charge in [-0.05, 0) is 285 Å². The van der Waals surface area contributed by atoms with Crippen LogP contribution in [0.25, 0.3) is 0 Å². The van der Waals surface area contributed by atoms with Gasteiger partial charge in [-0.3, -0.25) is 4.79 Å². The predicted octanol–water partition coefficient (Wildman–Crippen LogP) is 15.0. The maximum absolute atomic E-state index is 13.6. The minimum atomic E-state index is -0.861. The van der Waals surface area contributed by atoms with E-state index >= 15 is 0 Å². The molecule has 11 rings (SSSR count). The number of fused-ring (bicyclic) bond motifs is 10. The Kier molecular flexibility index (Phi) is 20.8. The first kappa shape index (κ1) is 68.0. The molecule has 0 amide bonds. The third-order valence-electron chi connectivity index (χ3n) is 26.1. The standard InChI is InChI=1S/C33H54O2.C32H52O3.C4H8O.C4H11Si.Li/c1-22(10-13-33(35)18-14-29(3,4)15-19-33)25-8-9-26-28-23(2)20-24-21-30(5,34)16-17-31(24,6)27(28)11-12-32(25,26)7;1-21(9-12-32(35)17-13-28(2,3)14-18-32)23-7-8-24-27-25(10-11-31(23,24)6)30(5)16-15-29(4,34)20-22(30)19-26(27)33;1-2-4-5-3-1;1-5(2,3)4;/h20,22,25-28,34-35H,2,8-19,21H2,1,3-7H3;19,21,23-25,27,34-35H,7-18,20H2,1-6H3;1-4H2;1H2,2-4H3;/q;;;-1;+1/t22-,25-,26+,27+,28+,30+,31+,32-;21-,23-,24+,25+,27+,29+,30+,31-;;;/m11.../s1. The molecule has 0 bridgehead atoms. The Morgan fingerprint density at radius 1 is 0.543 bits per heavy atom. The second kappa shape index (κ2) is 24.8. The molecule has 1 saturated heterocycles. The average Bonchev–Trinajstić information content (AvgIpc) is 4.34. The average molecular weight is 1130 g/mol. The number of ether oxygens (including phenoxy) is 1. The molecule has 0 radical (unpaired) electrons. The molecule has 0 aromatic heterocycles. The summed E-state index contributed by atoms with van der Waals surface area (Å²) in [6.45, 7) is 45.6. The van der Waals surface area contributed by atoms with E-state index in [9.17, 15) is 25.2 Å². The summed E-state index contributed by atoms with van der Waals surface area (Å²) in [6.07, 6.45) is 35.3. The number of carbonyl (C=O) groups excluding carboxylic acids is 1. The molecule has 0 aromatic carbocycles. The van der Waals surface area contributed by atoms with Gasteiger partial charge in [0, 0.05) is 19.1 Å². The van der Waals surface area contributed by atoms with E-state index in [2.05, 4.69) is 108 Å². The number of hydrogen-bond acceptors (Lipinski definition) is 6. The molecule has 4 N–H and O–H groups in total. The quantitative estimate of drug-likeness (QED) is 0.142. The van der Waals surface area contributed by atoms with Crippen LogP contribution in [0.5, 0.6) is 0 Å². The van der Waals surface area contributed by atoms with Crippen molar-refractivity contribution in [2.45, 2.75) is 305 Å². The van der Waals surface area contributed by atoms with E-state index < -0.39 is 30.5 Å². The molecular weight excluding hydrogens is 1010 g/mol. The number of carbonyl (C=O) groups is 1. The van der Waals surface area contributed by atoms with Crippen molar-refractivity contribution in [2.75, 3.05) is 13.2 Å². The van der Waals surface area contributed by atoms with Crippen LogP contribution in [0.2, 0.25) is 19.6 Å². The van der Waals surface area contributed by atoms with Gasteiger partial charge >= 0.3 is 18.9 Å². The maximum atomic E-state index is 13.6.